The number of benzene rings is 2. The minimum Gasteiger partial charge on any atom is -0.492 e. The van der Waals surface area contributed by atoms with Gasteiger partial charge in [0.15, 0.2) is 16.8 Å². The Morgan fingerprint density at radius 3 is 2.62 bits per heavy atom. The fourth-order valence-electron chi connectivity index (χ4n) is 3.45. The van der Waals surface area contributed by atoms with Gasteiger partial charge in [-0.05, 0) is 62.6 Å². The first kappa shape index (κ1) is 16.5. The SMILES string of the molecule is CC(=O)c1c2c(cc3c(=O)c(C)c(-c4ccc(F)cc4)oc13)CCCO2. The molecule has 0 bridgehead atoms. The molecule has 132 valence electrons. The van der Waals surface area contributed by atoms with Crippen molar-refractivity contribution in [3.8, 4) is 17.1 Å². The molecule has 0 spiro atoms. The molecule has 0 aliphatic carbocycles. The van der Waals surface area contributed by atoms with Crippen LogP contribution in [0, 0.1) is 12.7 Å². The maximum Gasteiger partial charge on any atom is 0.196 e. The lowest BCUT2D eigenvalue weighted by molar-refractivity contribution is 0.101. The Hall–Kier alpha value is -2.95. The van der Waals surface area contributed by atoms with Crippen molar-refractivity contribution in [2.75, 3.05) is 6.61 Å². The van der Waals surface area contributed by atoms with Crippen LogP contribution in [0.4, 0.5) is 4.39 Å². The van der Waals surface area contributed by atoms with Crippen molar-refractivity contribution in [3.63, 3.8) is 0 Å². The van der Waals surface area contributed by atoms with Crippen molar-refractivity contribution in [1.29, 1.82) is 0 Å². The highest BCUT2D eigenvalue weighted by Gasteiger charge is 2.25. The van der Waals surface area contributed by atoms with E-state index in [0.29, 0.717) is 40.2 Å². The van der Waals surface area contributed by atoms with Crippen LogP contribution < -0.4 is 10.2 Å². The number of ether oxygens (including phenoxy) is 1. The summed E-state index contributed by atoms with van der Waals surface area (Å²) in [4.78, 5) is 25.3. The number of halogens is 1. The Balaban J connectivity index is 2.10. The lowest BCUT2D eigenvalue weighted by Crippen LogP contribution is -2.16. The van der Waals surface area contributed by atoms with Crippen LogP contribution >= 0.6 is 0 Å². The van der Waals surface area contributed by atoms with Gasteiger partial charge in [-0.15, -0.1) is 0 Å². The fraction of sp³-hybridized carbons (Fsp3) is 0.238. The third-order valence-corrected chi connectivity index (χ3v) is 4.73. The van der Waals surface area contributed by atoms with Gasteiger partial charge in [-0.3, -0.25) is 9.59 Å². The standard InChI is InChI=1S/C21H17FO4/c1-11-18(24)16-10-14-4-3-9-25-20(14)17(12(2)23)21(16)26-19(11)13-5-7-15(22)8-6-13/h5-8,10H,3-4,9H2,1-2H3. The number of ketones is 1. The molecule has 0 N–H and O–H groups in total. The lowest BCUT2D eigenvalue weighted by atomic mass is 9.95. The maximum absolute atomic E-state index is 13.2. The number of aryl methyl sites for hydroxylation is 1. The molecule has 1 aromatic heterocycles. The van der Waals surface area contributed by atoms with Gasteiger partial charge < -0.3 is 9.15 Å². The molecular weight excluding hydrogens is 335 g/mol. The second kappa shape index (κ2) is 6.09. The first-order valence-electron chi connectivity index (χ1n) is 8.50. The second-order valence-corrected chi connectivity index (χ2v) is 6.52. The van der Waals surface area contributed by atoms with E-state index in [0.717, 1.165) is 18.4 Å². The zero-order chi connectivity index (χ0) is 18.4. The Kier molecular flexibility index (Phi) is 3.87. The summed E-state index contributed by atoms with van der Waals surface area (Å²) < 4.78 is 25.0. The molecular formula is C21H17FO4. The molecule has 1 aliphatic rings. The normalized spacial score (nSPS) is 13.3. The summed E-state index contributed by atoms with van der Waals surface area (Å²) in [5.74, 6) is 0.251. The molecule has 0 radical (unpaired) electrons. The summed E-state index contributed by atoms with van der Waals surface area (Å²) in [5, 5.41) is 0.378. The topological polar surface area (TPSA) is 56.5 Å². The maximum atomic E-state index is 13.2. The van der Waals surface area contributed by atoms with Crippen LogP contribution in [0.5, 0.6) is 5.75 Å². The van der Waals surface area contributed by atoms with Gasteiger partial charge in [0.05, 0.1) is 12.0 Å². The summed E-state index contributed by atoms with van der Waals surface area (Å²) in [6, 6.07) is 7.48. The van der Waals surface area contributed by atoms with E-state index < -0.39 is 0 Å². The van der Waals surface area contributed by atoms with Crippen molar-refractivity contribution in [2.45, 2.75) is 26.7 Å². The molecule has 0 fully saturated rings. The summed E-state index contributed by atoms with van der Waals surface area (Å²) in [6.45, 7) is 3.64. The Bertz CT molecular complexity index is 1090. The molecule has 0 amide bonds. The van der Waals surface area contributed by atoms with Gasteiger partial charge in [-0.1, -0.05) is 0 Å². The molecule has 3 aromatic rings. The molecule has 2 aromatic carbocycles. The monoisotopic (exact) mass is 352 g/mol. The molecule has 2 heterocycles. The van der Waals surface area contributed by atoms with Crippen LogP contribution in [-0.2, 0) is 6.42 Å². The smallest absolute Gasteiger partial charge is 0.196 e. The predicted molar refractivity (Wildman–Crippen MR) is 96.4 cm³/mol. The predicted octanol–water partition coefficient (Wildman–Crippen LogP) is 4.44. The molecule has 5 heteroatoms. The number of Topliss-reactive ketones (excluding diaryl/α,β-unsaturated/α-hetero) is 1. The van der Waals surface area contributed by atoms with Crippen molar-refractivity contribution in [1.82, 2.24) is 0 Å². The highest BCUT2D eigenvalue weighted by molar-refractivity contribution is 6.08. The van der Waals surface area contributed by atoms with E-state index in [1.165, 1.54) is 19.1 Å². The van der Waals surface area contributed by atoms with Crippen LogP contribution in [0.25, 0.3) is 22.3 Å². The van der Waals surface area contributed by atoms with E-state index in [9.17, 15) is 14.0 Å². The third-order valence-electron chi connectivity index (χ3n) is 4.73. The van der Waals surface area contributed by atoms with Gasteiger partial charge in [-0.25, -0.2) is 4.39 Å². The molecule has 4 nitrogen and oxygen atoms in total. The number of carbonyl (C=O) groups is 1. The number of hydrogen-bond donors (Lipinski definition) is 0. The molecule has 4 rings (SSSR count). The van der Waals surface area contributed by atoms with E-state index >= 15 is 0 Å². The summed E-state index contributed by atoms with van der Waals surface area (Å²) in [5.41, 5.74) is 2.20. The van der Waals surface area contributed by atoms with Gasteiger partial charge >= 0.3 is 0 Å². The average Bonchev–Trinajstić information content (AvgIpc) is 2.63. The third kappa shape index (κ3) is 2.51. The van der Waals surface area contributed by atoms with Gasteiger partial charge in [0.25, 0.3) is 0 Å². The van der Waals surface area contributed by atoms with E-state index in [1.807, 2.05) is 0 Å². The first-order chi connectivity index (χ1) is 12.5. The Labute approximate surface area is 149 Å². The second-order valence-electron chi connectivity index (χ2n) is 6.52. The van der Waals surface area contributed by atoms with Crippen molar-refractivity contribution in [2.24, 2.45) is 0 Å². The van der Waals surface area contributed by atoms with Crippen LogP contribution in [-0.4, -0.2) is 12.4 Å². The Morgan fingerprint density at radius 1 is 1.19 bits per heavy atom. The number of fused-ring (bicyclic) bond motifs is 2. The summed E-state index contributed by atoms with van der Waals surface area (Å²) in [7, 11) is 0. The molecule has 0 saturated heterocycles. The largest absolute Gasteiger partial charge is 0.492 e. The van der Waals surface area contributed by atoms with E-state index in [2.05, 4.69) is 0 Å². The van der Waals surface area contributed by atoms with E-state index in [-0.39, 0.29) is 22.6 Å². The van der Waals surface area contributed by atoms with Crippen LogP contribution in [0.3, 0.4) is 0 Å². The zero-order valence-corrected chi connectivity index (χ0v) is 14.5. The lowest BCUT2D eigenvalue weighted by Gasteiger charge is -2.21. The van der Waals surface area contributed by atoms with Crippen LogP contribution in [0.1, 0.15) is 34.8 Å². The zero-order valence-electron chi connectivity index (χ0n) is 14.5. The molecule has 0 atom stereocenters. The van der Waals surface area contributed by atoms with Crippen LogP contribution in [0.2, 0.25) is 0 Å². The minimum absolute atomic E-state index is 0.193. The first-order valence-corrected chi connectivity index (χ1v) is 8.50. The number of hydrogen-bond acceptors (Lipinski definition) is 4. The summed E-state index contributed by atoms with van der Waals surface area (Å²) >= 11 is 0. The van der Waals surface area contributed by atoms with Gasteiger partial charge in [0.1, 0.15) is 22.9 Å². The van der Waals surface area contributed by atoms with Gasteiger partial charge in [0, 0.05) is 11.1 Å². The Morgan fingerprint density at radius 2 is 1.92 bits per heavy atom. The number of carbonyl (C=O) groups excluding carboxylic acids is 1. The van der Waals surface area contributed by atoms with Crippen molar-refractivity contribution < 1.29 is 18.3 Å². The average molecular weight is 352 g/mol. The molecule has 0 unspecified atom stereocenters. The van der Waals surface area contributed by atoms with Crippen molar-refractivity contribution >= 4 is 16.8 Å². The fourth-order valence-corrected chi connectivity index (χ4v) is 3.45. The molecule has 26 heavy (non-hydrogen) atoms. The number of rotatable bonds is 2. The summed E-state index contributed by atoms with van der Waals surface area (Å²) in [6.07, 6.45) is 1.59. The van der Waals surface area contributed by atoms with E-state index in [1.54, 1.807) is 25.1 Å². The quantitative estimate of drug-likeness (QED) is 0.640. The highest BCUT2D eigenvalue weighted by atomic mass is 19.1. The molecule has 0 saturated carbocycles. The van der Waals surface area contributed by atoms with Gasteiger partial charge in [-0.2, -0.15) is 0 Å². The van der Waals surface area contributed by atoms with Crippen molar-refractivity contribution in [3.05, 3.63) is 63.1 Å². The van der Waals surface area contributed by atoms with Gasteiger partial charge in [0.2, 0.25) is 0 Å². The molecule has 1 aliphatic heterocycles. The van der Waals surface area contributed by atoms with Crippen LogP contribution in [0.15, 0.2) is 39.5 Å². The minimum atomic E-state index is -0.374. The van der Waals surface area contributed by atoms with E-state index in [4.69, 9.17) is 9.15 Å². The highest BCUT2D eigenvalue weighted by Crippen LogP contribution is 2.37.